The first-order valence-electron chi connectivity index (χ1n) is 7.72. The van der Waals surface area contributed by atoms with Crippen molar-refractivity contribution in [3.05, 3.63) is 30.1 Å². The average molecular weight is 376 g/mol. The summed E-state index contributed by atoms with van der Waals surface area (Å²) < 4.78 is 4.42. The molecule has 0 amide bonds. The van der Waals surface area contributed by atoms with Crippen LogP contribution in [0.1, 0.15) is 25.6 Å². The minimum Gasteiger partial charge on any atom is -0.306 e. The van der Waals surface area contributed by atoms with Crippen LogP contribution >= 0.6 is 34.9 Å². The van der Waals surface area contributed by atoms with E-state index in [1.165, 1.54) is 4.70 Å². The lowest BCUT2D eigenvalue weighted by Gasteiger charge is -2.06. The van der Waals surface area contributed by atoms with E-state index in [1.807, 2.05) is 18.2 Å². The number of rotatable bonds is 8. The van der Waals surface area contributed by atoms with Crippen molar-refractivity contribution >= 4 is 45.1 Å². The van der Waals surface area contributed by atoms with Gasteiger partial charge in [-0.1, -0.05) is 35.7 Å². The first kappa shape index (κ1) is 17.3. The van der Waals surface area contributed by atoms with Gasteiger partial charge in [-0.05, 0) is 25.5 Å². The number of unbranched alkanes of at least 4 members (excludes halogenated alkanes) is 1. The molecular weight excluding hydrogens is 358 g/mol. The van der Waals surface area contributed by atoms with Crippen LogP contribution in [0.15, 0.2) is 33.8 Å². The van der Waals surface area contributed by atoms with Gasteiger partial charge in [0.1, 0.15) is 5.82 Å². The van der Waals surface area contributed by atoms with Crippen LogP contribution in [0.3, 0.4) is 0 Å². The zero-order valence-electron chi connectivity index (χ0n) is 13.3. The molecule has 0 saturated carbocycles. The maximum atomic E-state index is 8.60. The summed E-state index contributed by atoms with van der Waals surface area (Å²) in [6.45, 7) is 2.96. The second-order valence-corrected chi connectivity index (χ2v) is 8.30. The topological polar surface area (TPSA) is 67.4 Å². The number of nitriles is 1. The van der Waals surface area contributed by atoms with Crippen molar-refractivity contribution < 1.29 is 0 Å². The van der Waals surface area contributed by atoms with E-state index in [0.717, 1.165) is 45.3 Å². The highest BCUT2D eigenvalue weighted by Gasteiger charge is 2.12. The zero-order valence-corrected chi connectivity index (χ0v) is 15.8. The molecule has 5 nitrogen and oxygen atoms in total. The highest BCUT2D eigenvalue weighted by Crippen LogP contribution is 2.31. The third kappa shape index (κ3) is 4.09. The highest BCUT2D eigenvalue weighted by molar-refractivity contribution is 8.00. The summed E-state index contributed by atoms with van der Waals surface area (Å²) in [7, 11) is 0. The van der Waals surface area contributed by atoms with Crippen LogP contribution in [0.4, 0.5) is 0 Å². The van der Waals surface area contributed by atoms with Crippen molar-refractivity contribution in [2.24, 2.45) is 0 Å². The van der Waals surface area contributed by atoms with Gasteiger partial charge in [-0.15, -0.1) is 21.5 Å². The molecule has 0 aliphatic heterocycles. The van der Waals surface area contributed by atoms with E-state index < -0.39 is 0 Å². The Kier molecular flexibility index (Phi) is 6.12. The van der Waals surface area contributed by atoms with Gasteiger partial charge in [0.25, 0.3) is 0 Å². The number of hydrogen-bond donors (Lipinski definition) is 0. The van der Waals surface area contributed by atoms with E-state index in [1.54, 1.807) is 34.9 Å². The number of nitrogens with zero attached hydrogens (tertiary/aromatic N) is 5. The predicted molar refractivity (Wildman–Crippen MR) is 100 cm³/mol. The fourth-order valence-corrected chi connectivity index (χ4v) is 5.17. The predicted octanol–water partition coefficient (Wildman–Crippen LogP) is 4.60. The Morgan fingerprint density at radius 3 is 2.92 bits per heavy atom. The van der Waals surface area contributed by atoms with Crippen molar-refractivity contribution in [2.45, 2.75) is 41.6 Å². The van der Waals surface area contributed by atoms with Crippen LogP contribution in [0.25, 0.3) is 10.2 Å². The normalized spacial score (nSPS) is 11.0. The molecule has 0 aliphatic carbocycles. The van der Waals surface area contributed by atoms with Crippen molar-refractivity contribution in [1.29, 1.82) is 5.26 Å². The van der Waals surface area contributed by atoms with Gasteiger partial charge in [0.2, 0.25) is 0 Å². The Balaban J connectivity index is 1.64. The third-order valence-corrected chi connectivity index (χ3v) is 6.60. The maximum absolute atomic E-state index is 8.60. The minimum atomic E-state index is 0.591. The quantitative estimate of drug-likeness (QED) is 0.423. The standard InChI is InChI=1S/C16H17N5S3/c1-2-21-14(19-20-15(21)22-10-6-5-9-17)11-23-16-18-12-7-3-4-8-13(12)24-16/h3-4,7-8H,2,5-6,10-11H2,1H3. The number of thioether (sulfide) groups is 2. The molecule has 2 heterocycles. The maximum Gasteiger partial charge on any atom is 0.191 e. The summed E-state index contributed by atoms with van der Waals surface area (Å²) in [6.07, 6.45) is 1.47. The van der Waals surface area contributed by atoms with Gasteiger partial charge in [-0.2, -0.15) is 5.26 Å². The summed E-state index contributed by atoms with van der Waals surface area (Å²) in [5.41, 5.74) is 1.05. The van der Waals surface area contributed by atoms with Crippen LogP contribution in [0.2, 0.25) is 0 Å². The highest BCUT2D eigenvalue weighted by atomic mass is 32.2. The van der Waals surface area contributed by atoms with Crippen molar-refractivity contribution in [1.82, 2.24) is 19.7 Å². The average Bonchev–Trinajstić information content (AvgIpc) is 3.19. The van der Waals surface area contributed by atoms with Gasteiger partial charge in [-0.25, -0.2) is 4.98 Å². The molecular formula is C16H17N5S3. The van der Waals surface area contributed by atoms with Crippen LogP contribution in [-0.4, -0.2) is 25.5 Å². The van der Waals surface area contributed by atoms with Gasteiger partial charge < -0.3 is 4.57 Å². The summed E-state index contributed by atoms with van der Waals surface area (Å²) >= 11 is 5.09. The van der Waals surface area contributed by atoms with Gasteiger partial charge in [0.05, 0.1) is 22.0 Å². The smallest absolute Gasteiger partial charge is 0.191 e. The molecule has 0 spiro atoms. The fraction of sp³-hybridized carbons (Fsp3) is 0.375. The number of thiazole rings is 1. The Morgan fingerprint density at radius 1 is 1.25 bits per heavy atom. The summed E-state index contributed by atoms with van der Waals surface area (Å²) in [6, 6.07) is 10.4. The molecule has 3 rings (SSSR count). The second kappa shape index (κ2) is 8.51. The second-order valence-electron chi connectivity index (χ2n) is 4.99. The summed E-state index contributed by atoms with van der Waals surface area (Å²) in [4.78, 5) is 4.65. The molecule has 0 saturated heterocycles. The lowest BCUT2D eigenvalue weighted by atomic mass is 10.3. The number of fused-ring (bicyclic) bond motifs is 1. The molecule has 0 bridgehead atoms. The van der Waals surface area contributed by atoms with Gasteiger partial charge >= 0.3 is 0 Å². The molecule has 124 valence electrons. The van der Waals surface area contributed by atoms with Crippen molar-refractivity contribution in [2.75, 3.05) is 5.75 Å². The van der Waals surface area contributed by atoms with Gasteiger partial charge in [0, 0.05) is 18.7 Å². The molecule has 0 atom stereocenters. The lowest BCUT2D eigenvalue weighted by molar-refractivity contribution is 0.659. The Bertz CT molecular complexity index is 816. The molecule has 0 radical (unpaired) electrons. The number of hydrogen-bond acceptors (Lipinski definition) is 7. The fourth-order valence-electron chi connectivity index (χ4n) is 2.20. The summed E-state index contributed by atoms with van der Waals surface area (Å²) in [5, 5.41) is 18.2. The van der Waals surface area contributed by atoms with Gasteiger partial charge in [-0.3, -0.25) is 0 Å². The Labute approximate surface area is 153 Å². The number of benzene rings is 1. The number of para-hydroxylation sites is 1. The monoisotopic (exact) mass is 375 g/mol. The first-order valence-corrected chi connectivity index (χ1v) is 10.5. The van der Waals surface area contributed by atoms with E-state index >= 15 is 0 Å². The molecule has 0 fully saturated rings. The van der Waals surface area contributed by atoms with E-state index in [-0.39, 0.29) is 0 Å². The van der Waals surface area contributed by atoms with E-state index in [9.17, 15) is 0 Å². The van der Waals surface area contributed by atoms with E-state index in [2.05, 4.69) is 38.8 Å². The third-order valence-electron chi connectivity index (χ3n) is 3.37. The minimum absolute atomic E-state index is 0.591. The van der Waals surface area contributed by atoms with Crippen molar-refractivity contribution in [3.8, 4) is 6.07 Å². The molecule has 1 aromatic carbocycles. The van der Waals surface area contributed by atoms with E-state index in [4.69, 9.17) is 5.26 Å². The summed E-state index contributed by atoms with van der Waals surface area (Å²) in [5.74, 6) is 2.64. The zero-order chi connectivity index (χ0) is 16.8. The molecule has 24 heavy (non-hydrogen) atoms. The SMILES string of the molecule is CCn1c(CSc2nc3ccccc3s2)nnc1SCCCC#N. The first-order chi connectivity index (χ1) is 11.8. The van der Waals surface area contributed by atoms with E-state index in [0.29, 0.717) is 6.42 Å². The Hall–Kier alpha value is -1.56. The molecule has 2 aromatic heterocycles. The van der Waals surface area contributed by atoms with Crippen LogP contribution in [0.5, 0.6) is 0 Å². The molecule has 3 aromatic rings. The van der Waals surface area contributed by atoms with Crippen LogP contribution < -0.4 is 0 Å². The van der Waals surface area contributed by atoms with Gasteiger partial charge in [0.15, 0.2) is 9.50 Å². The Morgan fingerprint density at radius 2 is 2.12 bits per heavy atom. The van der Waals surface area contributed by atoms with Crippen LogP contribution in [-0.2, 0) is 12.3 Å². The van der Waals surface area contributed by atoms with Crippen LogP contribution in [0, 0.1) is 11.3 Å². The lowest BCUT2D eigenvalue weighted by Crippen LogP contribution is -2.02. The molecule has 0 aliphatic rings. The van der Waals surface area contributed by atoms with Crippen molar-refractivity contribution in [3.63, 3.8) is 0 Å². The molecule has 8 heteroatoms. The largest absolute Gasteiger partial charge is 0.306 e. The number of aromatic nitrogens is 4. The molecule has 0 unspecified atom stereocenters. The molecule has 0 N–H and O–H groups in total.